The second-order valence-corrected chi connectivity index (χ2v) is 11.4. The Morgan fingerprint density at radius 1 is 0.750 bits per heavy atom. The standard InChI is InChI=1S/C21H25N3O6S2/c25-21(22-13-15-30-16-14-22)20-17-23(31(26,27)18-7-3-1-4-8-18)11-12-24(20)32(28,29)19-9-5-2-6-10-19/h1-10,20H,11-17H2/t20-/m0/s1. The number of morpholine rings is 1. The summed E-state index contributed by atoms with van der Waals surface area (Å²) in [5.41, 5.74) is 0. The zero-order valence-corrected chi connectivity index (χ0v) is 19.0. The molecule has 11 heteroatoms. The predicted octanol–water partition coefficient (Wildman–Crippen LogP) is 0.609. The van der Waals surface area contributed by atoms with Crippen molar-refractivity contribution in [3.05, 3.63) is 60.7 Å². The van der Waals surface area contributed by atoms with Crippen molar-refractivity contribution >= 4 is 26.0 Å². The highest BCUT2D eigenvalue weighted by molar-refractivity contribution is 7.89. The molecule has 9 nitrogen and oxygen atoms in total. The van der Waals surface area contributed by atoms with Crippen LogP contribution in [-0.2, 0) is 29.6 Å². The van der Waals surface area contributed by atoms with Crippen molar-refractivity contribution in [1.29, 1.82) is 0 Å². The number of nitrogens with zero attached hydrogens (tertiary/aromatic N) is 3. The number of carbonyl (C=O) groups excluding carboxylic acids is 1. The summed E-state index contributed by atoms with van der Waals surface area (Å²) in [5.74, 6) is -0.416. The number of ether oxygens (including phenoxy) is 1. The van der Waals surface area contributed by atoms with Crippen LogP contribution in [0, 0.1) is 0 Å². The molecule has 0 radical (unpaired) electrons. The Balaban J connectivity index is 1.68. The zero-order chi connectivity index (χ0) is 22.8. The lowest BCUT2D eigenvalue weighted by Crippen LogP contribution is -2.62. The molecule has 2 aromatic carbocycles. The van der Waals surface area contributed by atoms with Gasteiger partial charge in [0.15, 0.2) is 0 Å². The number of amides is 1. The van der Waals surface area contributed by atoms with Crippen LogP contribution in [0.5, 0.6) is 0 Å². The van der Waals surface area contributed by atoms with E-state index in [1.54, 1.807) is 41.3 Å². The van der Waals surface area contributed by atoms with Crippen molar-refractivity contribution in [2.75, 3.05) is 45.9 Å². The summed E-state index contributed by atoms with van der Waals surface area (Å²) >= 11 is 0. The smallest absolute Gasteiger partial charge is 0.243 e. The van der Waals surface area contributed by atoms with Gasteiger partial charge in [-0.05, 0) is 24.3 Å². The molecule has 2 aromatic rings. The van der Waals surface area contributed by atoms with E-state index in [0.717, 1.165) is 4.31 Å². The lowest BCUT2D eigenvalue weighted by Gasteiger charge is -2.41. The fraction of sp³-hybridized carbons (Fsp3) is 0.381. The molecule has 1 atom stereocenters. The molecule has 2 aliphatic heterocycles. The molecule has 2 heterocycles. The molecule has 4 rings (SSSR count). The highest BCUT2D eigenvalue weighted by Gasteiger charge is 2.44. The van der Waals surface area contributed by atoms with Crippen molar-refractivity contribution in [3.8, 4) is 0 Å². The fourth-order valence-corrected chi connectivity index (χ4v) is 6.96. The van der Waals surface area contributed by atoms with E-state index in [2.05, 4.69) is 0 Å². The first-order valence-corrected chi connectivity index (χ1v) is 13.2. The van der Waals surface area contributed by atoms with E-state index in [1.807, 2.05) is 0 Å². The highest BCUT2D eigenvalue weighted by atomic mass is 32.2. The quantitative estimate of drug-likeness (QED) is 0.622. The lowest BCUT2D eigenvalue weighted by molar-refractivity contribution is -0.140. The number of hydrogen-bond donors (Lipinski definition) is 0. The van der Waals surface area contributed by atoms with E-state index in [4.69, 9.17) is 4.74 Å². The van der Waals surface area contributed by atoms with E-state index in [9.17, 15) is 21.6 Å². The van der Waals surface area contributed by atoms with E-state index in [0.29, 0.717) is 26.3 Å². The topological polar surface area (TPSA) is 104 Å². The first kappa shape index (κ1) is 22.9. The molecule has 2 saturated heterocycles. The minimum Gasteiger partial charge on any atom is -0.378 e. The largest absolute Gasteiger partial charge is 0.378 e. The summed E-state index contributed by atoms with van der Waals surface area (Å²) in [6.07, 6.45) is 0. The van der Waals surface area contributed by atoms with Gasteiger partial charge in [0.05, 0.1) is 23.0 Å². The average molecular weight is 480 g/mol. The Morgan fingerprint density at radius 2 is 1.28 bits per heavy atom. The third-order valence-corrected chi connectivity index (χ3v) is 9.43. The van der Waals surface area contributed by atoms with Crippen LogP contribution in [0.15, 0.2) is 70.5 Å². The van der Waals surface area contributed by atoms with Crippen molar-refractivity contribution in [1.82, 2.24) is 13.5 Å². The Morgan fingerprint density at radius 3 is 1.84 bits per heavy atom. The van der Waals surface area contributed by atoms with Crippen molar-refractivity contribution < 1.29 is 26.4 Å². The van der Waals surface area contributed by atoms with E-state index >= 15 is 0 Å². The summed E-state index contributed by atoms with van der Waals surface area (Å²) in [6, 6.07) is 14.7. The van der Waals surface area contributed by atoms with Crippen LogP contribution in [0.3, 0.4) is 0 Å². The number of rotatable bonds is 5. The van der Waals surface area contributed by atoms with Crippen LogP contribution in [-0.4, -0.2) is 88.2 Å². The van der Waals surface area contributed by atoms with Gasteiger partial charge in [-0.3, -0.25) is 4.79 Å². The number of benzene rings is 2. The minimum absolute atomic E-state index is 0.0455. The van der Waals surface area contributed by atoms with Crippen LogP contribution in [0.2, 0.25) is 0 Å². The molecular weight excluding hydrogens is 454 g/mol. The molecule has 0 saturated carbocycles. The molecular formula is C21H25N3O6S2. The number of sulfonamides is 2. The second kappa shape index (κ2) is 9.28. The van der Waals surface area contributed by atoms with Gasteiger partial charge in [0.25, 0.3) is 0 Å². The molecule has 0 unspecified atom stereocenters. The number of piperazine rings is 1. The first-order chi connectivity index (χ1) is 15.3. The van der Waals surface area contributed by atoms with Crippen LogP contribution in [0.1, 0.15) is 0 Å². The third kappa shape index (κ3) is 4.44. The van der Waals surface area contributed by atoms with Crippen molar-refractivity contribution in [2.24, 2.45) is 0 Å². The zero-order valence-electron chi connectivity index (χ0n) is 17.4. The maximum absolute atomic E-state index is 13.4. The predicted molar refractivity (Wildman–Crippen MR) is 117 cm³/mol. The van der Waals surface area contributed by atoms with Crippen LogP contribution < -0.4 is 0 Å². The monoisotopic (exact) mass is 479 g/mol. The maximum atomic E-state index is 13.4. The molecule has 172 valence electrons. The molecule has 0 bridgehead atoms. The van der Waals surface area contributed by atoms with Gasteiger partial charge in [-0.25, -0.2) is 16.8 Å². The van der Waals surface area contributed by atoms with Gasteiger partial charge < -0.3 is 9.64 Å². The van der Waals surface area contributed by atoms with Gasteiger partial charge in [0.1, 0.15) is 6.04 Å². The minimum atomic E-state index is -4.00. The second-order valence-electron chi connectivity index (χ2n) is 7.56. The molecule has 0 spiro atoms. The van der Waals surface area contributed by atoms with Gasteiger partial charge in [0.2, 0.25) is 26.0 Å². The summed E-state index contributed by atoms with van der Waals surface area (Å²) in [5, 5.41) is 0. The summed E-state index contributed by atoms with van der Waals surface area (Å²) in [4.78, 5) is 15.1. The molecule has 0 aliphatic carbocycles. The number of carbonyl (C=O) groups is 1. The Bertz CT molecular complexity index is 1150. The average Bonchev–Trinajstić information content (AvgIpc) is 2.85. The van der Waals surface area contributed by atoms with Gasteiger partial charge in [-0.15, -0.1) is 0 Å². The fourth-order valence-electron chi connectivity index (χ4n) is 3.91. The summed E-state index contributed by atoms with van der Waals surface area (Å²) in [6.45, 7) is 0.964. The SMILES string of the molecule is O=C([C@@H]1CN(S(=O)(=O)c2ccccc2)CCN1S(=O)(=O)c1ccccc1)N1CCOCC1. The van der Waals surface area contributed by atoms with Gasteiger partial charge in [-0.2, -0.15) is 8.61 Å². The van der Waals surface area contributed by atoms with Crippen molar-refractivity contribution in [3.63, 3.8) is 0 Å². The van der Waals surface area contributed by atoms with Crippen molar-refractivity contribution in [2.45, 2.75) is 15.8 Å². The van der Waals surface area contributed by atoms with Crippen LogP contribution in [0.4, 0.5) is 0 Å². The summed E-state index contributed by atoms with van der Waals surface area (Å²) < 4.78 is 60.7. The van der Waals surface area contributed by atoms with Crippen LogP contribution in [0.25, 0.3) is 0 Å². The van der Waals surface area contributed by atoms with E-state index in [1.165, 1.54) is 28.6 Å². The van der Waals surface area contributed by atoms with Gasteiger partial charge in [0, 0.05) is 32.7 Å². The van der Waals surface area contributed by atoms with Gasteiger partial charge >= 0.3 is 0 Å². The Kier molecular flexibility index (Phi) is 6.63. The normalized spacial score (nSPS) is 21.4. The van der Waals surface area contributed by atoms with Crippen LogP contribution >= 0.6 is 0 Å². The maximum Gasteiger partial charge on any atom is 0.243 e. The first-order valence-electron chi connectivity index (χ1n) is 10.3. The highest BCUT2D eigenvalue weighted by Crippen LogP contribution is 2.26. The Hall–Kier alpha value is -2.31. The molecule has 2 aliphatic rings. The summed E-state index contributed by atoms with van der Waals surface area (Å²) in [7, 11) is -7.87. The number of hydrogen-bond acceptors (Lipinski definition) is 6. The van der Waals surface area contributed by atoms with Gasteiger partial charge in [-0.1, -0.05) is 36.4 Å². The lowest BCUT2D eigenvalue weighted by atomic mass is 10.2. The van der Waals surface area contributed by atoms with E-state index in [-0.39, 0.29) is 29.4 Å². The molecule has 1 amide bonds. The molecule has 32 heavy (non-hydrogen) atoms. The molecule has 0 aromatic heterocycles. The van der Waals surface area contributed by atoms with E-state index < -0.39 is 32.0 Å². The molecule has 0 N–H and O–H groups in total. The Labute approximate surface area is 188 Å². The molecule has 2 fully saturated rings. The third-order valence-electron chi connectivity index (χ3n) is 5.63.